The number of carbonyl (C=O) groups excluding carboxylic acids is 1. The minimum atomic E-state index is 0.151. The van der Waals surface area contributed by atoms with E-state index in [1.165, 1.54) is 19.3 Å². The van der Waals surface area contributed by atoms with Crippen LogP contribution < -0.4 is 4.74 Å². The van der Waals surface area contributed by atoms with E-state index in [9.17, 15) is 4.79 Å². The van der Waals surface area contributed by atoms with Gasteiger partial charge in [0.05, 0.1) is 6.61 Å². The monoisotopic (exact) mass is 357 g/mol. The highest BCUT2D eigenvalue weighted by Crippen LogP contribution is 2.23. The van der Waals surface area contributed by atoms with Gasteiger partial charge in [0.15, 0.2) is 0 Å². The second-order valence-corrected chi connectivity index (χ2v) is 6.77. The largest absolute Gasteiger partial charge is 0.494 e. The highest BCUT2D eigenvalue weighted by Gasteiger charge is 2.22. The van der Waals surface area contributed by atoms with Gasteiger partial charge in [-0.25, -0.2) is 0 Å². The fourth-order valence-corrected chi connectivity index (χ4v) is 3.40. The summed E-state index contributed by atoms with van der Waals surface area (Å²) in [5.74, 6) is 2.00. The van der Waals surface area contributed by atoms with Crippen molar-refractivity contribution in [3.8, 4) is 17.1 Å². The van der Waals surface area contributed by atoms with Crippen LogP contribution in [0.5, 0.6) is 5.75 Å². The second-order valence-electron chi connectivity index (χ2n) is 6.77. The van der Waals surface area contributed by atoms with Gasteiger partial charge in [-0.3, -0.25) is 4.79 Å². The summed E-state index contributed by atoms with van der Waals surface area (Å²) >= 11 is 0. The van der Waals surface area contributed by atoms with E-state index < -0.39 is 0 Å². The molecule has 6 heteroatoms. The number of rotatable bonds is 7. The Bertz CT molecular complexity index is 705. The topological polar surface area (TPSA) is 68.5 Å². The molecule has 3 rings (SSSR count). The van der Waals surface area contributed by atoms with E-state index in [2.05, 4.69) is 10.1 Å². The van der Waals surface area contributed by atoms with Gasteiger partial charge in [0, 0.05) is 31.5 Å². The number of aryl methyl sites for hydroxylation is 1. The van der Waals surface area contributed by atoms with Crippen molar-refractivity contribution in [2.24, 2.45) is 0 Å². The van der Waals surface area contributed by atoms with Crippen LogP contribution in [0.25, 0.3) is 11.4 Å². The molecule has 1 aromatic heterocycles. The summed E-state index contributed by atoms with van der Waals surface area (Å²) < 4.78 is 10.7. The molecule has 1 aromatic carbocycles. The summed E-state index contributed by atoms with van der Waals surface area (Å²) in [5.41, 5.74) is 0.870. The third-order valence-corrected chi connectivity index (χ3v) is 4.96. The molecule has 0 aliphatic heterocycles. The fraction of sp³-hybridized carbons (Fsp3) is 0.550. The van der Waals surface area contributed by atoms with Crippen molar-refractivity contribution >= 4 is 5.91 Å². The molecule has 0 atom stereocenters. The van der Waals surface area contributed by atoms with Crippen LogP contribution in [-0.2, 0) is 11.2 Å². The van der Waals surface area contributed by atoms with Gasteiger partial charge in [-0.1, -0.05) is 24.4 Å². The van der Waals surface area contributed by atoms with Gasteiger partial charge in [-0.05, 0) is 44.0 Å². The summed E-state index contributed by atoms with van der Waals surface area (Å²) in [6, 6.07) is 7.97. The standard InChI is InChI=1S/C20H27N3O3/c1-3-25-17-11-9-15(10-12-17)20-21-18(26-22-20)13-14-19(24)23(2)16-7-5-4-6-8-16/h9-12,16H,3-8,13-14H2,1-2H3. The number of nitrogens with zero attached hydrogens (tertiary/aromatic N) is 3. The minimum Gasteiger partial charge on any atom is -0.494 e. The van der Waals surface area contributed by atoms with E-state index in [0.29, 0.717) is 37.2 Å². The SMILES string of the molecule is CCOc1ccc(-c2noc(CCC(=O)N(C)C3CCCCC3)n2)cc1. The number of hydrogen-bond acceptors (Lipinski definition) is 5. The van der Waals surface area contributed by atoms with E-state index in [0.717, 1.165) is 24.2 Å². The first kappa shape index (κ1) is 18.4. The maximum Gasteiger partial charge on any atom is 0.227 e. The molecule has 0 bridgehead atoms. The lowest BCUT2D eigenvalue weighted by molar-refractivity contribution is -0.132. The average molecular weight is 357 g/mol. The van der Waals surface area contributed by atoms with E-state index in [1.807, 2.05) is 43.1 Å². The number of aromatic nitrogens is 2. The Morgan fingerprint density at radius 2 is 1.96 bits per heavy atom. The van der Waals surface area contributed by atoms with E-state index in [4.69, 9.17) is 9.26 Å². The Kier molecular flexibility index (Phi) is 6.26. The Labute approximate surface area is 154 Å². The van der Waals surface area contributed by atoms with Gasteiger partial charge in [-0.15, -0.1) is 0 Å². The van der Waals surface area contributed by atoms with Crippen LogP contribution in [0, 0.1) is 0 Å². The molecule has 1 aliphatic rings. The summed E-state index contributed by atoms with van der Waals surface area (Å²) in [5, 5.41) is 4.02. The first-order chi connectivity index (χ1) is 12.7. The van der Waals surface area contributed by atoms with Gasteiger partial charge in [0.2, 0.25) is 17.6 Å². The minimum absolute atomic E-state index is 0.151. The molecule has 1 saturated carbocycles. The summed E-state index contributed by atoms with van der Waals surface area (Å²) in [6.07, 6.45) is 6.83. The third kappa shape index (κ3) is 4.62. The summed E-state index contributed by atoms with van der Waals surface area (Å²) in [6.45, 7) is 2.58. The van der Waals surface area contributed by atoms with Crippen molar-refractivity contribution < 1.29 is 14.1 Å². The van der Waals surface area contributed by atoms with Gasteiger partial charge < -0.3 is 14.2 Å². The maximum absolute atomic E-state index is 12.4. The van der Waals surface area contributed by atoms with Crippen molar-refractivity contribution in [3.63, 3.8) is 0 Å². The lowest BCUT2D eigenvalue weighted by Gasteiger charge is -2.31. The van der Waals surface area contributed by atoms with Crippen molar-refractivity contribution in [2.75, 3.05) is 13.7 Å². The van der Waals surface area contributed by atoms with Crippen molar-refractivity contribution in [2.45, 2.75) is 57.9 Å². The smallest absolute Gasteiger partial charge is 0.227 e. The van der Waals surface area contributed by atoms with Crippen molar-refractivity contribution in [1.29, 1.82) is 0 Å². The highest BCUT2D eigenvalue weighted by molar-refractivity contribution is 5.76. The van der Waals surface area contributed by atoms with Gasteiger partial charge >= 0.3 is 0 Å². The lowest BCUT2D eigenvalue weighted by atomic mass is 9.94. The number of benzene rings is 1. The molecular formula is C20H27N3O3. The zero-order chi connectivity index (χ0) is 18.4. The Balaban J connectivity index is 1.53. The quantitative estimate of drug-likeness (QED) is 0.753. The van der Waals surface area contributed by atoms with Crippen LogP contribution in [0.3, 0.4) is 0 Å². The number of ether oxygens (including phenoxy) is 1. The van der Waals surface area contributed by atoms with Crippen LogP contribution in [0.1, 0.15) is 51.3 Å². The molecule has 1 fully saturated rings. The molecule has 26 heavy (non-hydrogen) atoms. The van der Waals surface area contributed by atoms with Crippen molar-refractivity contribution in [1.82, 2.24) is 15.0 Å². The molecule has 1 heterocycles. The molecule has 0 unspecified atom stereocenters. The van der Waals surface area contributed by atoms with E-state index >= 15 is 0 Å². The highest BCUT2D eigenvalue weighted by atomic mass is 16.5. The summed E-state index contributed by atoms with van der Waals surface area (Å²) in [7, 11) is 1.91. The average Bonchev–Trinajstić information content (AvgIpc) is 3.16. The number of amides is 1. The number of carbonyl (C=O) groups is 1. The normalized spacial score (nSPS) is 15.0. The molecule has 2 aromatic rings. The summed E-state index contributed by atoms with van der Waals surface area (Å²) in [4.78, 5) is 18.7. The second kappa shape index (κ2) is 8.83. The van der Waals surface area contributed by atoms with Gasteiger partial charge in [0.1, 0.15) is 5.75 Å². The van der Waals surface area contributed by atoms with Crippen LogP contribution in [-0.4, -0.2) is 40.6 Å². The zero-order valence-corrected chi connectivity index (χ0v) is 15.6. The molecule has 1 aliphatic carbocycles. The zero-order valence-electron chi connectivity index (χ0n) is 15.6. The van der Waals surface area contributed by atoms with Crippen LogP contribution >= 0.6 is 0 Å². The predicted octanol–water partition coefficient (Wildman–Crippen LogP) is 3.86. The Morgan fingerprint density at radius 1 is 1.23 bits per heavy atom. The third-order valence-electron chi connectivity index (χ3n) is 4.96. The molecule has 0 spiro atoms. The lowest BCUT2D eigenvalue weighted by Crippen LogP contribution is -2.38. The first-order valence-corrected chi connectivity index (χ1v) is 9.49. The van der Waals surface area contributed by atoms with Crippen LogP contribution in [0.4, 0.5) is 0 Å². The molecule has 0 radical (unpaired) electrons. The molecule has 0 saturated heterocycles. The first-order valence-electron chi connectivity index (χ1n) is 9.49. The molecule has 6 nitrogen and oxygen atoms in total. The molecular weight excluding hydrogens is 330 g/mol. The molecule has 1 amide bonds. The number of hydrogen-bond donors (Lipinski definition) is 0. The predicted molar refractivity (Wildman–Crippen MR) is 98.9 cm³/mol. The maximum atomic E-state index is 12.4. The van der Waals surface area contributed by atoms with E-state index in [1.54, 1.807) is 0 Å². The van der Waals surface area contributed by atoms with Crippen molar-refractivity contribution in [3.05, 3.63) is 30.2 Å². The Morgan fingerprint density at radius 3 is 2.65 bits per heavy atom. The van der Waals surface area contributed by atoms with Gasteiger partial charge in [-0.2, -0.15) is 4.98 Å². The van der Waals surface area contributed by atoms with Crippen LogP contribution in [0.2, 0.25) is 0 Å². The fourth-order valence-electron chi connectivity index (χ4n) is 3.40. The Hall–Kier alpha value is -2.37. The van der Waals surface area contributed by atoms with Crippen LogP contribution in [0.15, 0.2) is 28.8 Å². The molecule has 140 valence electrons. The van der Waals surface area contributed by atoms with Gasteiger partial charge in [0.25, 0.3) is 0 Å². The van der Waals surface area contributed by atoms with E-state index in [-0.39, 0.29) is 5.91 Å². The molecule has 0 N–H and O–H groups in total.